The number of rotatable bonds is 3. The third kappa shape index (κ3) is 2.89. The van der Waals surface area contributed by atoms with Crippen LogP contribution in [-0.4, -0.2) is 6.73 Å². The van der Waals surface area contributed by atoms with Crippen LogP contribution in [0.3, 0.4) is 0 Å². The van der Waals surface area contributed by atoms with Crippen molar-refractivity contribution in [1.29, 1.82) is 0 Å². The maximum atomic E-state index is 12.0. The van der Waals surface area contributed by atoms with Crippen LogP contribution in [0.25, 0.3) is 11.0 Å². The van der Waals surface area contributed by atoms with E-state index in [2.05, 4.69) is 19.1 Å². The first kappa shape index (κ1) is 17.1. The Hall–Kier alpha value is -2.30. The Morgan fingerprint density at radius 3 is 2.73 bits per heavy atom. The lowest BCUT2D eigenvalue weighted by molar-refractivity contribution is -0.960. The Balaban J connectivity index is 1.82. The molecule has 1 N–H and O–H groups in total. The summed E-state index contributed by atoms with van der Waals surface area (Å²) in [7, 11) is 0. The molecule has 3 aromatic rings. The first-order valence-corrected chi connectivity index (χ1v) is 9.26. The quantitative estimate of drug-likeness (QED) is 0.717. The van der Waals surface area contributed by atoms with Crippen LogP contribution in [0.15, 0.2) is 51.7 Å². The van der Waals surface area contributed by atoms with E-state index < -0.39 is 0 Å². The summed E-state index contributed by atoms with van der Waals surface area (Å²) in [5.41, 5.74) is 3.35. The molecule has 2 atom stereocenters. The van der Waals surface area contributed by atoms with Crippen molar-refractivity contribution < 1.29 is 14.1 Å². The second-order valence-corrected chi connectivity index (χ2v) is 7.15. The van der Waals surface area contributed by atoms with Gasteiger partial charge in [-0.05, 0) is 25.0 Å². The number of hydrogen-bond donors (Lipinski definition) is 1. The van der Waals surface area contributed by atoms with Crippen LogP contribution in [0.4, 0.5) is 0 Å². The standard InChI is InChI=1S/C21H20ClNO3/c1-3-14-9-19(24)26-20-16(14)10-18(22)21-17(20)11-23(12-25-21)13(2)15-7-5-4-6-8-15/h4-10,13H,3,11-12H2,1-2H3/p+1/t13-/m1/s1. The van der Waals surface area contributed by atoms with Crippen LogP contribution in [0, 0.1) is 0 Å². The van der Waals surface area contributed by atoms with Crippen LogP contribution in [-0.2, 0) is 13.0 Å². The molecule has 1 aliphatic heterocycles. The van der Waals surface area contributed by atoms with Crippen molar-refractivity contribution in [1.82, 2.24) is 0 Å². The normalized spacial score (nSPS) is 17.6. The highest BCUT2D eigenvalue weighted by Gasteiger charge is 2.30. The summed E-state index contributed by atoms with van der Waals surface area (Å²) in [5, 5.41) is 1.47. The lowest BCUT2D eigenvalue weighted by Gasteiger charge is -2.31. The largest absolute Gasteiger partial charge is 0.443 e. The molecule has 4 nitrogen and oxygen atoms in total. The van der Waals surface area contributed by atoms with Gasteiger partial charge in [-0.3, -0.25) is 4.90 Å². The lowest BCUT2D eigenvalue weighted by atomic mass is 10.0. The third-order valence-electron chi connectivity index (χ3n) is 5.22. The minimum atomic E-state index is -0.331. The summed E-state index contributed by atoms with van der Waals surface area (Å²) in [5.74, 6) is 0.639. The monoisotopic (exact) mass is 370 g/mol. The number of hydrogen-bond acceptors (Lipinski definition) is 3. The van der Waals surface area contributed by atoms with E-state index >= 15 is 0 Å². The summed E-state index contributed by atoms with van der Waals surface area (Å²) in [6, 6.07) is 14.0. The van der Waals surface area contributed by atoms with Crippen LogP contribution >= 0.6 is 11.6 Å². The molecular weight excluding hydrogens is 350 g/mol. The fraction of sp³-hybridized carbons (Fsp3) is 0.286. The molecule has 2 aromatic carbocycles. The van der Waals surface area contributed by atoms with Gasteiger partial charge in [-0.1, -0.05) is 48.9 Å². The third-order valence-corrected chi connectivity index (χ3v) is 5.50. The number of nitrogens with one attached hydrogen (secondary N) is 1. The van der Waals surface area contributed by atoms with Crippen LogP contribution in [0.1, 0.15) is 36.6 Å². The van der Waals surface area contributed by atoms with Gasteiger partial charge in [-0.15, -0.1) is 0 Å². The van der Waals surface area contributed by atoms with Crippen molar-refractivity contribution >= 4 is 22.6 Å². The predicted molar refractivity (Wildman–Crippen MR) is 102 cm³/mol. The van der Waals surface area contributed by atoms with E-state index in [4.69, 9.17) is 20.8 Å². The number of fused-ring (bicyclic) bond motifs is 3. The number of aryl methyl sites for hydroxylation is 1. The van der Waals surface area contributed by atoms with Gasteiger partial charge >= 0.3 is 5.63 Å². The average molecular weight is 371 g/mol. The van der Waals surface area contributed by atoms with Gasteiger partial charge in [0.1, 0.15) is 12.6 Å². The molecule has 2 heterocycles. The molecule has 26 heavy (non-hydrogen) atoms. The van der Waals surface area contributed by atoms with E-state index in [0.717, 1.165) is 22.9 Å². The fourth-order valence-corrected chi connectivity index (χ4v) is 3.96. The highest BCUT2D eigenvalue weighted by molar-refractivity contribution is 6.33. The van der Waals surface area contributed by atoms with Gasteiger partial charge in [-0.25, -0.2) is 4.79 Å². The van der Waals surface area contributed by atoms with E-state index in [1.807, 2.05) is 31.2 Å². The highest BCUT2D eigenvalue weighted by atomic mass is 35.5. The Labute approximate surface area is 156 Å². The fourth-order valence-electron chi connectivity index (χ4n) is 3.68. The van der Waals surface area contributed by atoms with E-state index in [0.29, 0.717) is 29.6 Å². The van der Waals surface area contributed by atoms with E-state index in [9.17, 15) is 4.79 Å². The molecule has 0 aliphatic carbocycles. The molecule has 134 valence electrons. The van der Waals surface area contributed by atoms with Gasteiger partial charge in [0, 0.05) is 17.0 Å². The van der Waals surface area contributed by atoms with Crippen molar-refractivity contribution in [3.8, 4) is 5.75 Å². The van der Waals surface area contributed by atoms with Gasteiger partial charge in [0.15, 0.2) is 11.3 Å². The number of halogens is 1. The van der Waals surface area contributed by atoms with Crippen LogP contribution in [0.5, 0.6) is 5.75 Å². The maximum Gasteiger partial charge on any atom is 0.336 e. The molecule has 0 saturated carbocycles. The molecule has 0 bridgehead atoms. The van der Waals surface area contributed by atoms with Gasteiger partial charge in [-0.2, -0.15) is 0 Å². The Morgan fingerprint density at radius 2 is 2.00 bits per heavy atom. The van der Waals surface area contributed by atoms with E-state index in [-0.39, 0.29) is 11.7 Å². The molecule has 1 aliphatic rings. The first-order chi connectivity index (χ1) is 12.6. The Morgan fingerprint density at radius 1 is 1.23 bits per heavy atom. The molecule has 0 saturated heterocycles. The Bertz CT molecular complexity index is 1010. The van der Waals surface area contributed by atoms with E-state index in [1.165, 1.54) is 10.5 Å². The topological polar surface area (TPSA) is 43.9 Å². The minimum Gasteiger partial charge on any atom is -0.443 e. The molecular formula is C21H21ClNO3+. The Kier molecular flexibility index (Phi) is 4.47. The SMILES string of the molecule is CCc1cc(=O)oc2c3c(c(Cl)cc12)OC[NH+]([C@H](C)c1ccccc1)C3. The number of benzene rings is 2. The zero-order chi connectivity index (χ0) is 18.3. The van der Waals surface area contributed by atoms with Crippen molar-refractivity contribution in [2.45, 2.75) is 32.9 Å². The molecule has 0 amide bonds. The summed E-state index contributed by atoms with van der Waals surface area (Å²) in [4.78, 5) is 13.3. The van der Waals surface area contributed by atoms with E-state index in [1.54, 1.807) is 6.07 Å². The zero-order valence-electron chi connectivity index (χ0n) is 14.8. The van der Waals surface area contributed by atoms with Crippen molar-refractivity contribution in [3.05, 3.63) is 74.6 Å². The molecule has 4 rings (SSSR count). The molecule has 1 unspecified atom stereocenters. The number of quaternary nitrogens is 1. The van der Waals surface area contributed by atoms with Gasteiger partial charge < -0.3 is 9.15 Å². The smallest absolute Gasteiger partial charge is 0.336 e. The van der Waals surface area contributed by atoms with Crippen molar-refractivity contribution in [2.24, 2.45) is 0 Å². The summed E-state index contributed by atoms with van der Waals surface area (Å²) >= 11 is 6.48. The summed E-state index contributed by atoms with van der Waals surface area (Å²) in [6.07, 6.45) is 0.745. The lowest BCUT2D eigenvalue weighted by Crippen LogP contribution is -3.12. The maximum absolute atomic E-state index is 12.0. The van der Waals surface area contributed by atoms with Gasteiger partial charge in [0.25, 0.3) is 0 Å². The van der Waals surface area contributed by atoms with Crippen LogP contribution in [0.2, 0.25) is 5.02 Å². The van der Waals surface area contributed by atoms with Gasteiger partial charge in [0.05, 0.1) is 10.6 Å². The van der Waals surface area contributed by atoms with Crippen LogP contribution < -0.4 is 15.3 Å². The van der Waals surface area contributed by atoms with Crippen molar-refractivity contribution in [3.63, 3.8) is 0 Å². The summed E-state index contributed by atoms with van der Waals surface area (Å²) in [6.45, 7) is 5.41. The molecule has 0 spiro atoms. The molecule has 1 aromatic heterocycles. The predicted octanol–water partition coefficient (Wildman–Crippen LogP) is 3.50. The first-order valence-electron chi connectivity index (χ1n) is 8.89. The number of ether oxygens (including phenoxy) is 1. The minimum absolute atomic E-state index is 0.250. The second kappa shape index (κ2) is 6.78. The zero-order valence-corrected chi connectivity index (χ0v) is 15.6. The molecule has 5 heteroatoms. The summed E-state index contributed by atoms with van der Waals surface area (Å²) < 4.78 is 11.6. The highest BCUT2D eigenvalue weighted by Crippen LogP contribution is 2.37. The van der Waals surface area contributed by atoms with Crippen molar-refractivity contribution in [2.75, 3.05) is 6.73 Å². The molecule has 0 fully saturated rings. The molecule has 0 radical (unpaired) electrons. The average Bonchev–Trinajstić information content (AvgIpc) is 2.68. The van der Waals surface area contributed by atoms with Gasteiger partial charge in [0.2, 0.25) is 6.73 Å². The second-order valence-electron chi connectivity index (χ2n) is 6.74.